The molecule has 0 aliphatic carbocycles. The second-order valence-electron chi connectivity index (χ2n) is 2.43. The molecule has 1 aliphatic heterocycles. The Bertz CT molecular complexity index is 114. The van der Waals surface area contributed by atoms with Gasteiger partial charge in [0, 0.05) is 13.0 Å². The molecule has 9 heavy (non-hydrogen) atoms. The van der Waals surface area contributed by atoms with Crippen molar-refractivity contribution in [2.45, 2.75) is 6.42 Å². The minimum Gasteiger partial charge on any atom is -0.356 e. The lowest BCUT2D eigenvalue weighted by Crippen LogP contribution is -2.20. The average molecular weight is 128 g/mol. The molecule has 1 rings (SSSR count). The van der Waals surface area contributed by atoms with Crippen molar-refractivity contribution >= 4 is 5.91 Å². The Hall–Kier alpha value is -0.570. The Balaban J connectivity index is 2.22. The van der Waals surface area contributed by atoms with Gasteiger partial charge in [0.15, 0.2) is 0 Å². The number of amides is 1. The Morgan fingerprint density at radius 2 is 2.67 bits per heavy atom. The Morgan fingerprint density at radius 3 is 3.11 bits per heavy atom. The zero-order chi connectivity index (χ0) is 6.69. The van der Waals surface area contributed by atoms with Crippen LogP contribution < -0.4 is 10.6 Å². The van der Waals surface area contributed by atoms with E-state index >= 15 is 0 Å². The molecule has 52 valence electrons. The van der Waals surface area contributed by atoms with Crippen molar-refractivity contribution in [3.63, 3.8) is 0 Å². The van der Waals surface area contributed by atoms with Crippen LogP contribution in [0, 0.1) is 5.92 Å². The largest absolute Gasteiger partial charge is 0.356 e. The number of hydrogen-bond acceptors (Lipinski definition) is 2. The molecule has 0 saturated carbocycles. The number of nitrogens with one attached hydrogen (secondary N) is 2. The summed E-state index contributed by atoms with van der Waals surface area (Å²) in [5, 5.41) is 5.81. The summed E-state index contributed by atoms with van der Waals surface area (Å²) in [5.74, 6) is 0.706. The molecule has 3 nitrogen and oxygen atoms in total. The van der Waals surface area contributed by atoms with Crippen LogP contribution in [0.4, 0.5) is 0 Å². The first kappa shape index (κ1) is 6.55. The second kappa shape index (κ2) is 2.82. The molecule has 0 unspecified atom stereocenters. The molecule has 1 atom stereocenters. The van der Waals surface area contributed by atoms with Crippen LogP contribution in [0.15, 0.2) is 0 Å². The number of hydrogen-bond donors (Lipinski definition) is 2. The van der Waals surface area contributed by atoms with Crippen molar-refractivity contribution in [2.24, 2.45) is 5.92 Å². The first-order valence-corrected chi connectivity index (χ1v) is 3.24. The Kier molecular flexibility index (Phi) is 2.05. The second-order valence-corrected chi connectivity index (χ2v) is 2.43. The molecule has 0 spiro atoms. The van der Waals surface area contributed by atoms with E-state index in [-0.39, 0.29) is 5.91 Å². The van der Waals surface area contributed by atoms with E-state index < -0.39 is 0 Å². The summed E-state index contributed by atoms with van der Waals surface area (Å²) in [6.45, 7) is 1.79. The third-order valence-corrected chi connectivity index (χ3v) is 1.55. The lowest BCUT2D eigenvalue weighted by atomic mass is 10.1. The maximum absolute atomic E-state index is 10.6. The maximum Gasteiger partial charge on any atom is 0.220 e. The van der Waals surface area contributed by atoms with Crippen LogP contribution in [0.3, 0.4) is 0 Å². The highest BCUT2D eigenvalue weighted by Crippen LogP contribution is 2.05. The van der Waals surface area contributed by atoms with Gasteiger partial charge in [0.05, 0.1) is 0 Å². The maximum atomic E-state index is 10.6. The lowest BCUT2D eigenvalue weighted by Gasteiger charge is -2.02. The van der Waals surface area contributed by atoms with Gasteiger partial charge in [-0.05, 0) is 19.5 Å². The van der Waals surface area contributed by atoms with Gasteiger partial charge in [0.2, 0.25) is 5.91 Å². The molecule has 3 heteroatoms. The first-order valence-electron chi connectivity index (χ1n) is 3.24. The van der Waals surface area contributed by atoms with E-state index in [1.54, 1.807) is 0 Å². The Labute approximate surface area is 54.8 Å². The quantitative estimate of drug-likeness (QED) is 0.518. The minimum absolute atomic E-state index is 0.190. The van der Waals surface area contributed by atoms with Gasteiger partial charge in [0.1, 0.15) is 0 Å². The molecule has 0 bridgehead atoms. The fourth-order valence-electron chi connectivity index (χ4n) is 1.10. The van der Waals surface area contributed by atoms with Gasteiger partial charge >= 0.3 is 0 Å². The predicted octanol–water partition coefficient (Wildman–Crippen LogP) is -0.658. The third-order valence-electron chi connectivity index (χ3n) is 1.55. The summed E-state index contributed by atoms with van der Waals surface area (Å²) in [5.41, 5.74) is 0. The summed E-state index contributed by atoms with van der Waals surface area (Å²) in [6.07, 6.45) is 0.695. The molecule has 0 aromatic rings. The molecule has 2 N–H and O–H groups in total. The zero-order valence-electron chi connectivity index (χ0n) is 5.61. The van der Waals surface area contributed by atoms with Crippen molar-refractivity contribution in [1.29, 1.82) is 0 Å². The van der Waals surface area contributed by atoms with E-state index in [0.717, 1.165) is 13.1 Å². The van der Waals surface area contributed by atoms with Crippen LogP contribution in [0.5, 0.6) is 0 Å². The molecule has 1 amide bonds. The van der Waals surface area contributed by atoms with Crippen molar-refractivity contribution < 1.29 is 4.79 Å². The van der Waals surface area contributed by atoms with Crippen LogP contribution in [0.25, 0.3) is 0 Å². The van der Waals surface area contributed by atoms with Gasteiger partial charge in [0.25, 0.3) is 0 Å². The summed E-state index contributed by atoms with van der Waals surface area (Å²) < 4.78 is 0. The Morgan fingerprint density at radius 1 is 1.89 bits per heavy atom. The van der Waals surface area contributed by atoms with Gasteiger partial charge in [-0.25, -0.2) is 0 Å². The average Bonchev–Trinajstić information content (AvgIpc) is 2.17. The molecule has 1 fully saturated rings. The molecule has 0 aromatic carbocycles. The van der Waals surface area contributed by atoms with Gasteiger partial charge < -0.3 is 10.6 Å². The van der Waals surface area contributed by atoms with E-state index in [0.29, 0.717) is 12.3 Å². The molecule has 1 saturated heterocycles. The van der Waals surface area contributed by atoms with Gasteiger partial charge in [-0.1, -0.05) is 0 Å². The van der Waals surface area contributed by atoms with E-state index in [9.17, 15) is 4.79 Å². The molecule has 1 heterocycles. The van der Waals surface area contributed by atoms with Crippen LogP contribution in [-0.2, 0) is 4.79 Å². The smallest absolute Gasteiger partial charge is 0.220 e. The van der Waals surface area contributed by atoms with Gasteiger partial charge in [-0.2, -0.15) is 0 Å². The van der Waals surface area contributed by atoms with E-state index in [4.69, 9.17) is 0 Å². The fraction of sp³-hybridized carbons (Fsp3) is 0.833. The van der Waals surface area contributed by atoms with Gasteiger partial charge in [-0.15, -0.1) is 0 Å². The molecule has 0 aromatic heterocycles. The number of rotatable bonds is 2. The summed E-state index contributed by atoms with van der Waals surface area (Å²) in [7, 11) is 1.91. The van der Waals surface area contributed by atoms with E-state index in [1.807, 2.05) is 7.05 Å². The third kappa shape index (κ3) is 1.68. The van der Waals surface area contributed by atoms with E-state index in [2.05, 4.69) is 10.6 Å². The highest BCUT2D eigenvalue weighted by Gasteiger charge is 2.19. The monoisotopic (exact) mass is 128 g/mol. The lowest BCUT2D eigenvalue weighted by molar-refractivity contribution is -0.119. The molecular weight excluding hydrogens is 116 g/mol. The van der Waals surface area contributed by atoms with Crippen molar-refractivity contribution in [2.75, 3.05) is 20.1 Å². The predicted molar refractivity (Wildman–Crippen MR) is 35.0 cm³/mol. The fourth-order valence-corrected chi connectivity index (χ4v) is 1.10. The first-order chi connectivity index (χ1) is 4.33. The SMILES string of the molecule is CNC[C@@H]1CNC(=O)C1. The molecule has 0 radical (unpaired) electrons. The standard InChI is InChI=1S/C6H12N2O/c1-7-3-5-2-6(9)8-4-5/h5,7H,2-4H2,1H3,(H,8,9)/t5-/m1/s1. The molecule has 1 aliphatic rings. The number of carbonyl (C=O) groups is 1. The summed E-state index contributed by atoms with van der Waals surface area (Å²) in [4.78, 5) is 10.6. The summed E-state index contributed by atoms with van der Waals surface area (Å²) >= 11 is 0. The highest BCUT2D eigenvalue weighted by atomic mass is 16.1. The van der Waals surface area contributed by atoms with Crippen LogP contribution >= 0.6 is 0 Å². The minimum atomic E-state index is 0.190. The molecular formula is C6H12N2O. The number of carbonyl (C=O) groups excluding carboxylic acids is 1. The van der Waals surface area contributed by atoms with Crippen molar-refractivity contribution in [3.05, 3.63) is 0 Å². The zero-order valence-corrected chi connectivity index (χ0v) is 5.61. The van der Waals surface area contributed by atoms with Crippen LogP contribution in [-0.4, -0.2) is 26.0 Å². The van der Waals surface area contributed by atoms with Crippen LogP contribution in [0.2, 0.25) is 0 Å². The van der Waals surface area contributed by atoms with Crippen molar-refractivity contribution in [1.82, 2.24) is 10.6 Å². The topological polar surface area (TPSA) is 41.1 Å². The van der Waals surface area contributed by atoms with Gasteiger partial charge in [-0.3, -0.25) is 4.79 Å². The normalized spacial score (nSPS) is 26.3. The van der Waals surface area contributed by atoms with E-state index in [1.165, 1.54) is 0 Å². The van der Waals surface area contributed by atoms with Crippen molar-refractivity contribution in [3.8, 4) is 0 Å². The van der Waals surface area contributed by atoms with Crippen LogP contribution in [0.1, 0.15) is 6.42 Å². The highest BCUT2D eigenvalue weighted by molar-refractivity contribution is 5.78. The summed E-state index contributed by atoms with van der Waals surface area (Å²) in [6, 6.07) is 0.